The molecule has 0 radical (unpaired) electrons. The Kier molecular flexibility index (Phi) is 3.48. The molecule has 0 fully saturated rings. The molecule has 0 spiro atoms. The molecular formula is C16H18N4. The number of hydrogen-bond donors (Lipinski definition) is 1. The largest absolute Gasteiger partial charge is 0.321 e. The van der Waals surface area contributed by atoms with Crippen molar-refractivity contribution in [1.82, 2.24) is 14.6 Å². The quantitative estimate of drug-likeness (QED) is 0.790. The lowest BCUT2D eigenvalue weighted by Crippen LogP contribution is -2.15. The van der Waals surface area contributed by atoms with Crippen LogP contribution >= 0.6 is 0 Å². The number of pyridine rings is 1. The number of hydrogen-bond acceptors (Lipinski definition) is 3. The Bertz CT molecular complexity index is 703. The molecule has 2 N–H and O–H groups in total. The number of nitrogens with zero attached hydrogens (tertiary/aromatic N) is 3. The van der Waals surface area contributed by atoms with Gasteiger partial charge in [-0.1, -0.05) is 36.4 Å². The van der Waals surface area contributed by atoms with E-state index in [0.717, 1.165) is 24.3 Å². The smallest absolute Gasteiger partial charge is 0.160 e. The summed E-state index contributed by atoms with van der Waals surface area (Å²) in [5.74, 6) is 0.833. The zero-order valence-corrected chi connectivity index (χ0v) is 11.5. The van der Waals surface area contributed by atoms with Crippen molar-refractivity contribution in [2.45, 2.75) is 25.8 Å². The molecule has 0 bridgehead atoms. The van der Waals surface area contributed by atoms with Crippen LogP contribution in [0.3, 0.4) is 0 Å². The van der Waals surface area contributed by atoms with E-state index in [4.69, 9.17) is 5.73 Å². The maximum Gasteiger partial charge on any atom is 0.160 e. The normalized spacial score (nSPS) is 12.7. The SMILES string of the molecule is Cc1ccc2nnc(C(N)CCc3ccccc3)n2c1. The number of aryl methyl sites for hydroxylation is 2. The number of aromatic nitrogens is 3. The Morgan fingerprint density at radius 1 is 1.10 bits per heavy atom. The first kappa shape index (κ1) is 12.8. The third kappa shape index (κ3) is 2.56. The van der Waals surface area contributed by atoms with E-state index in [1.54, 1.807) is 0 Å². The average molecular weight is 266 g/mol. The summed E-state index contributed by atoms with van der Waals surface area (Å²) in [5.41, 5.74) is 9.60. The van der Waals surface area contributed by atoms with Gasteiger partial charge in [-0.25, -0.2) is 0 Å². The molecule has 102 valence electrons. The van der Waals surface area contributed by atoms with Crippen LogP contribution in [0.15, 0.2) is 48.7 Å². The lowest BCUT2D eigenvalue weighted by atomic mass is 10.1. The Balaban J connectivity index is 1.78. The summed E-state index contributed by atoms with van der Waals surface area (Å²) in [7, 11) is 0. The van der Waals surface area contributed by atoms with Gasteiger partial charge in [0.1, 0.15) is 0 Å². The molecule has 3 rings (SSSR count). The summed E-state index contributed by atoms with van der Waals surface area (Å²) >= 11 is 0. The Morgan fingerprint density at radius 3 is 2.70 bits per heavy atom. The van der Waals surface area contributed by atoms with Gasteiger partial charge in [-0.2, -0.15) is 0 Å². The molecule has 1 aromatic carbocycles. The van der Waals surface area contributed by atoms with Crippen LogP contribution < -0.4 is 5.73 Å². The lowest BCUT2D eigenvalue weighted by molar-refractivity contribution is 0.605. The van der Waals surface area contributed by atoms with E-state index in [1.165, 1.54) is 11.1 Å². The molecule has 20 heavy (non-hydrogen) atoms. The third-order valence-corrected chi connectivity index (χ3v) is 3.50. The number of benzene rings is 1. The molecule has 0 saturated heterocycles. The topological polar surface area (TPSA) is 56.2 Å². The second-order valence-electron chi connectivity index (χ2n) is 5.12. The van der Waals surface area contributed by atoms with Crippen LogP contribution in [0.5, 0.6) is 0 Å². The molecule has 0 aliphatic heterocycles. The number of fused-ring (bicyclic) bond motifs is 1. The van der Waals surface area contributed by atoms with Crippen LogP contribution in [0.2, 0.25) is 0 Å². The van der Waals surface area contributed by atoms with E-state index in [9.17, 15) is 0 Å². The first-order valence-corrected chi connectivity index (χ1v) is 6.85. The van der Waals surface area contributed by atoms with Gasteiger partial charge in [-0.15, -0.1) is 10.2 Å². The molecule has 4 nitrogen and oxygen atoms in total. The Labute approximate surface area is 118 Å². The van der Waals surface area contributed by atoms with E-state index in [-0.39, 0.29) is 6.04 Å². The molecule has 2 aromatic heterocycles. The van der Waals surface area contributed by atoms with E-state index in [0.29, 0.717) is 0 Å². The van der Waals surface area contributed by atoms with Gasteiger partial charge in [-0.05, 0) is 37.0 Å². The highest BCUT2D eigenvalue weighted by Crippen LogP contribution is 2.17. The van der Waals surface area contributed by atoms with Crippen molar-refractivity contribution in [3.63, 3.8) is 0 Å². The van der Waals surface area contributed by atoms with E-state index < -0.39 is 0 Å². The van der Waals surface area contributed by atoms with Crippen molar-refractivity contribution in [3.05, 3.63) is 65.6 Å². The lowest BCUT2D eigenvalue weighted by Gasteiger charge is -2.10. The number of nitrogens with two attached hydrogens (primary N) is 1. The van der Waals surface area contributed by atoms with Gasteiger partial charge in [0.05, 0.1) is 6.04 Å². The molecule has 0 saturated carbocycles. The minimum absolute atomic E-state index is 0.105. The Morgan fingerprint density at radius 2 is 1.90 bits per heavy atom. The summed E-state index contributed by atoms with van der Waals surface area (Å²) in [5, 5.41) is 8.41. The zero-order valence-electron chi connectivity index (χ0n) is 11.5. The van der Waals surface area contributed by atoms with Gasteiger partial charge in [0.2, 0.25) is 0 Å². The van der Waals surface area contributed by atoms with E-state index >= 15 is 0 Å². The van der Waals surface area contributed by atoms with Gasteiger partial charge >= 0.3 is 0 Å². The van der Waals surface area contributed by atoms with Crippen molar-refractivity contribution in [2.24, 2.45) is 5.73 Å². The predicted octanol–water partition coefficient (Wildman–Crippen LogP) is 2.67. The summed E-state index contributed by atoms with van der Waals surface area (Å²) in [6.07, 6.45) is 3.84. The van der Waals surface area contributed by atoms with Crippen molar-refractivity contribution >= 4 is 5.65 Å². The summed E-state index contributed by atoms with van der Waals surface area (Å²) in [6, 6.07) is 14.3. The fourth-order valence-corrected chi connectivity index (χ4v) is 2.36. The summed E-state index contributed by atoms with van der Waals surface area (Å²) in [4.78, 5) is 0. The number of rotatable bonds is 4. The predicted molar refractivity (Wildman–Crippen MR) is 79.4 cm³/mol. The molecule has 0 aliphatic rings. The highest BCUT2D eigenvalue weighted by atomic mass is 15.3. The van der Waals surface area contributed by atoms with Crippen LogP contribution in [0.1, 0.15) is 29.4 Å². The van der Waals surface area contributed by atoms with Crippen LogP contribution in [0, 0.1) is 6.92 Å². The van der Waals surface area contributed by atoms with Crippen LogP contribution in [0.25, 0.3) is 5.65 Å². The van der Waals surface area contributed by atoms with Crippen LogP contribution in [0.4, 0.5) is 0 Å². The van der Waals surface area contributed by atoms with Crippen molar-refractivity contribution < 1.29 is 0 Å². The van der Waals surface area contributed by atoms with Gasteiger partial charge in [0.25, 0.3) is 0 Å². The second-order valence-corrected chi connectivity index (χ2v) is 5.12. The molecule has 1 unspecified atom stereocenters. The summed E-state index contributed by atoms with van der Waals surface area (Å²) < 4.78 is 1.99. The second kappa shape index (κ2) is 5.43. The third-order valence-electron chi connectivity index (χ3n) is 3.50. The van der Waals surface area contributed by atoms with Gasteiger partial charge < -0.3 is 5.73 Å². The van der Waals surface area contributed by atoms with Crippen LogP contribution in [-0.2, 0) is 6.42 Å². The molecule has 4 heteroatoms. The Hall–Kier alpha value is -2.20. The van der Waals surface area contributed by atoms with Crippen molar-refractivity contribution in [1.29, 1.82) is 0 Å². The maximum atomic E-state index is 6.28. The van der Waals surface area contributed by atoms with E-state index in [2.05, 4.69) is 41.4 Å². The van der Waals surface area contributed by atoms with Gasteiger partial charge in [-0.3, -0.25) is 4.40 Å². The molecule has 1 atom stereocenters. The van der Waals surface area contributed by atoms with Gasteiger partial charge in [0, 0.05) is 6.20 Å². The van der Waals surface area contributed by atoms with Gasteiger partial charge in [0.15, 0.2) is 11.5 Å². The van der Waals surface area contributed by atoms with Crippen molar-refractivity contribution in [2.75, 3.05) is 0 Å². The first-order valence-electron chi connectivity index (χ1n) is 6.85. The molecule has 3 aromatic rings. The highest BCUT2D eigenvalue weighted by Gasteiger charge is 2.13. The van der Waals surface area contributed by atoms with Crippen molar-refractivity contribution in [3.8, 4) is 0 Å². The van der Waals surface area contributed by atoms with Crippen LogP contribution in [-0.4, -0.2) is 14.6 Å². The monoisotopic (exact) mass is 266 g/mol. The minimum Gasteiger partial charge on any atom is -0.321 e. The summed E-state index contributed by atoms with van der Waals surface area (Å²) in [6.45, 7) is 2.05. The molecular weight excluding hydrogens is 248 g/mol. The van der Waals surface area contributed by atoms with E-state index in [1.807, 2.05) is 28.8 Å². The molecule has 0 aliphatic carbocycles. The molecule has 2 heterocycles. The minimum atomic E-state index is -0.105. The molecule has 0 amide bonds. The standard InChI is InChI=1S/C16H18N4/c1-12-7-10-15-18-19-16(20(15)11-12)14(17)9-8-13-5-3-2-4-6-13/h2-7,10-11,14H,8-9,17H2,1H3. The maximum absolute atomic E-state index is 6.28. The fraction of sp³-hybridized carbons (Fsp3) is 0.250. The zero-order chi connectivity index (χ0) is 13.9. The fourth-order valence-electron chi connectivity index (χ4n) is 2.36. The average Bonchev–Trinajstić information content (AvgIpc) is 2.89. The highest BCUT2D eigenvalue weighted by molar-refractivity contribution is 5.39. The first-order chi connectivity index (χ1) is 9.74.